The number of aromatic nitrogens is 4. The average molecular weight is 385 g/mol. The summed E-state index contributed by atoms with van der Waals surface area (Å²) in [5, 5.41) is 8.88. The summed E-state index contributed by atoms with van der Waals surface area (Å²) in [5.74, 6) is 1.10. The van der Waals surface area contributed by atoms with E-state index in [-0.39, 0.29) is 5.41 Å². The van der Waals surface area contributed by atoms with Crippen LogP contribution in [0.3, 0.4) is 0 Å². The predicted molar refractivity (Wildman–Crippen MR) is 112 cm³/mol. The predicted octanol–water partition coefficient (Wildman–Crippen LogP) is 4.48. The number of anilines is 2. The van der Waals surface area contributed by atoms with Crippen LogP contribution in [-0.4, -0.2) is 32.7 Å². The van der Waals surface area contributed by atoms with Crippen LogP contribution < -0.4 is 10.2 Å². The van der Waals surface area contributed by atoms with Gasteiger partial charge in [-0.1, -0.05) is 51.0 Å². The quantitative estimate of drug-likeness (QED) is 0.719. The van der Waals surface area contributed by atoms with E-state index in [1.165, 1.54) is 25.7 Å². The van der Waals surface area contributed by atoms with Crippen molar-refractivity contribution in [3.8, 4) is 0 Å². The Hall–Kier alpha value is -2.15. The van der Waals surface area contributed by atoms with Gasteiger partial charge in [0, 0.05) is 31.2 Å². The molecule has 4 rings (SSSR count). The molecule has 7 heteroatoms. The molecular weight excluding hydrogens is 356 g/mol. The van der Waals surface area contributed by atoms with E-state index in [2.05, 4.69) is 53.2 Å². The molecule has 0 aromatic carbocycles. The third-order valence-corrected chi connectivity index (χ3v) is 5.87. The van der Waals surface area contributed by atoms with Crippen LogP contribution in [0.15, 0.2) is 24.5 Å². The first-order valence-corrected chi connectivity index (χ1v) is 10.6. The van der Waals surface area contributed by atoms with Crippen molar-refractivity contribution in [1.29, 1.82) is 0 Å². The zero-order valence-electron chi connectivity index (χ0n) is 16.4. The van der Waals surface area contributed by atoms with Gasteiger partial charge in [-0.3, -0.25) is 0 Å². The van der Waals surface area contributed by atoms with Crippen LogP contribution in [0, 0.1) is 0 Å². The van der Waals surface area contributed by atoms with Gasteiger partial charge in [-0.05, 0) is 24.5 Å². The molecule has 0 saturated carbocycles. The minimum atomic E-state index is 0.0435. The lowest BCUT2D eigenvalue weighted by Crippen LogP contribution is -2.24. The first kappa shape index (κ1) is 18.2. The number of fused-ring (bicyclic) bond motifs is 1. The number of nitrogens with zero attached hydrogens (tertiary/aromatic N) is 5. The van der Waals surface area contributed by atoms with Crippen molar-refractivity contribution < 1.29 is 0 Å². The van der Waals surface area contributed by atoms with Crippen LogP contribution in [0.4, 0.5) is 10.9 Å². The maximum absolute atomic E-state index is 4.69. The van der Waals surface area contributed by atoms with E-state index in [9.17, 15) is 0 Å². The molecule has 144 valence electrons. The Bertz CT molecular complexity index is 850. The summed E-state index contributed by atoms with van der Waals surface area (Å²) in [4.78, 5) is 12.7. The maximum Gasteiger partial charge on any atom is 0.214 e. The monoisotopic (exact) mass is 384 g/mol. The highest BCUT2D eigenvalue weighted by molar-refractivity contribution is 7.20. The molecule has 1 aliphatic rings. The van der Waals surface area contributed by atoms with Crippen molar-refractivity contribution in [2.45, 2.75) is 58.4 Å². The van der Waals surface area contributed by atoms with Crippen molar-refractivity contribution in [3.05, 3.63) is 35.8 Å². The van der Waals surface area contributed by atoms with Gasteiger partial charge >= 0.3 is 0 Å². The van der Waals surface area contributed by atoms with Crippen molar-refractivity contribution in [3.63, 3.8) is 0 Å². The van der Waals surface area contributed by atoms with Gasteiger partial charge in [-0.2, -0.15) is 0 Å². The highest BCUT2D eigenvalue weighted by atomic mass is 32.1. The largest absolute Gasteiger partial charge is 0.357 e. The Labute approximate surface area is 164 Å². The standard InChI is InChI=1S/C20H28N6S/c1-20(2,3)16-14-26-19(23-16)27-18(24-26)22-13-15-8-9-17(21-12-15)25-10-6-4-5-7-11-25/h8-9,12,14H,4-7,10-11,13H2,1-3H3,(H,22,24). The Kier molecular flexibility index (Phi) is 5.04. The molecule has 6 nitrogen and oxygen atoms in total. The molecule has 0 bridgehead atoms. The molecule has 1 saturated heterocycles. The summed E-state index contributed by atoms with van der Waals surface area (Å²) < 4.78 is 1.87. The van der Waals surface area contributed by atoms with Crippen LogP contribution in [0.25, 0.3) is 4.96 Å². The van der Waals surface area contributed by atoms with Gasteiger partial charge in [0.1, 0.15) is 5.82 Å². The fourth-order valence-electron chi connectivity index (χ4n) is 3.32. The molecule has 1 N–H and O–H groups in total. The lowest BCUT2D eigenvalue weighted by atomic mass is 9.93. The van der Waals surface area contributed by atoms with Gasteiger partial charge in [0.2, 0.25) is 10.1 Å². The first-order valence-electron chi connectivity index (χ1n) is 9.79. The van der Waals surface area contributed by atoms with E-state index in [0.29, 0.717) is 0 Å². The SMILES string of the molecule is CC(C)(C)c1cn2nc(NCc3ccc(N4CCCCCC4)nc3)sc2n1. The van der Waals surface area contributed by atoms with Crippen molar-refractivity contribution in [1.82, 2.24) is 19.6 Å². The smallest absolute Gasteiger partial charge is 0.214 e. The molecule has 0 radical (unpaired) electrons. The summed E-state index contributed by atoms with van der Waals surface area (Å²) in [6.45, 7) is 9.47. The highest BCUT2D eigenvalue weighted by Gasteiger charge is 2.19. The molecular formula is C20H28N6S. The van der Waals surface area contributed by atoms with E-state index in [4.69, 9.17) is 4.98 Å². The summed E-state index contributed by atoms with van der Waals surface area (Å²) >= 11 is 1.58. The van der Waals surface area contributed by atoms with E-state index in [0.717, 1.165) is 46.8 Å². The average Bonchev–Trinajstić information content (AvgIpc) is 3.08. The van der Waals surface area contributed by atoms with Gasteiger partial charge < -0.3 is 10.2 Å². The number of rotatable bonds is 4. The van der Waals surface area contributed by atoms with Gasteiger partial charge in [-0.15, -0.1) is 5.10 Å². The van der Waals surface area contributed by atoms with Gasteiger partial charge in [-0.25, -0.2) is 14.5 Å². The van der Waals surface area contributed by atoms with Crippen LogP contribution in [0.2, 0.25) is 0 Å². The Morgan fingerprint density at radius 3 is 2.52 bits per heavy atom. The summed E-state index contributed by atoms with van der Waals surface area (Å²) in [5.41, 5.74) is 2.28. The zero-order valence-corrected chi connectivity index (χ0v) is 17.2. The molecule has 3 aromatic rings. The van der Waals surface area contributed by atoms with E-state index >= 15 is 0 Å². The third kappa shape index (κ3) is 4.24. The van der Waals surface area contributed by atoms with Gasteiger partial charge in [0.25, 0.3) is 0 Å². The van der Waals surface area contributed by atoms with E-state index < -0.39 is 0 Å². The summed E-state index contributed by atoms with van der Waals surface area (Å²) in [6.07, 6.45) is 9.22. The van der Waals surface area contributed by atoms with Crippen LogP contribution in [0.1, 0.15) is 57.7 Å². The van der Waals surface area contributed by atoms with Crippen molar-refractivity contribution >= 4 is 27.2 Å². The Morgan fingerprint density at radius 2 is 1.89 bits per heavy atom. The Morgan fingerprint density at radius 1 is 1.11 bits per heavy atom. The normalized spacial score (nSPS) is 15.9. The second kappa shape index (κ2) is 7.46. The number of hydrogen-bond acceptors (Lipinski definition) is 6. The fourth-order valence-corrected chi connectivity index (χ4v) is 4.10. The molecule has 0 unspecified atom stereocenters. The molecule has 27 heavy (non-hydrogen) atoms. The lowest BCUT2D eigenvalue weighted by molar-refractivity contribution is 0.572. The van der Waals surface area contributed by atoms with E-state index in [1.807, 2.05) is 16.9 Å². The third-order valence-electron chi connectivity index (χ3n) is 4.99. The number of nitrogens with one attached hydrogen (secondary N) is 1. The summed E-state index contributed by atoms with van der Waals surface area (Å²) in [6, 6.07) is 4.31. The fraction of sp³-hybridized carbons (Fsp3) is 0.550. The molecule has 3 aromatic heterocycles. The topological polar surface area (TPSA) is 58.4 Å². The molecule has 1 fully saturated rings. The van der Waals surface area contributed by atoms with Gasteiger partial charge in [0.15, 0.2) is 0 Å². The van der Waals surface area contributed by atoms with Crippen molar-refractivity contribution in [2.24, 2.45) is 0 Å². The molecule has 0 aliphatic carbocycles. The number of imidazole rings is 1. The van der Waals surface area contributed by atoms with Crippen LogP contribution in [-0.2, 0) is 12.0 Å². The summed E-state index contributed by atoms with van der Waals surface area (Å²) in [7, 11) is 0. The van der Waals surface area contributed by atoms with E-state index in [1.54, 1.807) is 11.3 Å². The second-order valence-corrected chi connectivity index (χ2v) is 9.25. The zero-order chi connectivity index (χ0) is 18.9. The number of hydrogen-bond donors (Lipinski definition) is 1. The number of pyridine rings is 1. The highest BCUT2D eigenvalue weighted by Crippen LogP contribution is 2.26. The molecule has 0 amide bonds. The molecule has 4 heterocycles. The van der Waals surface area contributed by atoms with Gasteiger partial charge in [0.05, 0.1) is 11.9 Å². The molecule has 1 aliphatic heterocycles. The minimum Gasteiger partial charge on any atom is -0.357 e. The van der Waals surface area contributed by atoms with Crippen molar-refractivity contribution in [2.75, 3.05) is 23.3 Å². The second-order valence-electron chi connectivity index (χ2n) is 8.29. The first-order chi connectivity index (χ1) is 13.0. The molecule has 0 atom stereocenters. The lowest BCUT2D eigenvalue weighted by Gasteiger charge is -2.21. The Balaban J connectivity index is 1.38. The van der Waals surface area contributed by atoms with Crippen LogP contribution in [0.5, 0.6) is 0 Å². The maximum atomic E-state index is 4.69. The molecule has 0 spiro atoms. The minimum absolute atomic E-state index is 0.0435. The van der Waals surface area contributed by atoms with Crippen LogP contribution >= 0.6 is 11.3 Å².